The fourth-order valence-electron chi connectivity index (χ4n) is 6.38. The Bertz CT molecular complexity index is 1460. The SMILES string of the molecule is CCCC1(C(O)[C@H](CC2CCCCC2)NC(=O)[C@H](Cc2cn(S(=O)(=O)c3ccc(C)cc3)cn2)NC(=O)OC(C)(OC)OC)SCCCS1. The lowest BCUT2D eigenvalue weighted by Gasteiger charge is -2.44. The van der Waals surface area contributed by atoms with Gasteiger partial charge in [-0.3, -0.25) is 4.79 Å². The molecule has 2 aromatic rings. The summed E-state index contributed by atoms with van der Waals surface area (Å²) < 4.78 is 42.8. The molecule has 12 nitrogen and oxygen atoms in total. The van der Waals surface area contributed by atoms with Crippen molar-refractivity contribution in [3.8, 4) is 0 Å². The number of ether oxygens (including phenoxy) is 3. The molecule has 274 valence electrons. The van der Waals surface area contributed by atoms with Gasteiger partial charge in [-0.25, -0.2) is 22.2 Å². The number of rotatable bonds is 16. The van der Waals surface area contributed by atoms with Crippen LogP contribution in [-0.4, -0.2) is 88.4 Å². The number of benzene rings is 1. The summed E-state index contributed by atoms with van der Waals surface area (Å²) in [5.41, 5.74) is 1.17. The number of carbonyl (C=O) groups is 2. The van der Waals surface area contributed by atoms with Crippen LogP contribution >= 0.6 is 23.5 Å². The minimum absolute atomic E-state index is 0.0930. The number of methoxy groups -OCH3 is 2. The number of aryl methyl sites for hydroxylation is 1. The largest absolute Gasteiger partial charge is 0.412 e. The van der Waals surface area contributed by atoms with Crippen LogP contribution in [-0.2, 0) is 35.4 Å². The monoisotopic (exact) mass is 740 g/mol. The van der Waals surface area contributed by atoms with Crippen molar-refractivity contribution in [3.05, 3.63) is 48.0 Å². The molecule has 2 heterocycles. The minimum Gasteiger partial charge on any atom is -0.392 e. The first-order valence-electron chi connectivity index (χ1n) is 17.1. The fraction of sp³-hybridized carbons (Fsp3) is 0.676. The Morgan fingerprint density at radius 3 is 2.35 bits per heavy atom. The second-order valence-electron chi connectivity index (χ2n) is 13.0. The highest BCUT2D eigenvalue weighted by atomic mass is 32.2. The summed E-state index contributed by atoms with van der Waals surface area (Å²) >= 11 is 3.54. The molecular weight excluding hydrogens is 689 g/mol. The van der Waals surface area contributed by atoms with E-state index in [-0.39, 0.29) is 17.0 Å². The van der Waals surface area contributed by atoms with Crippen molar-refractivity contribution in [1.82, 2.24) is 19.6 Å². The third-order valence-corrected chi connectivity index (χ3v) is 14.5. The van der Waals surface area contributed by atoms with Crippen LogP contribution in [0.5, 0.6) is 0 Å². The van der Waals surface area contributed by atoms with E-state index in [1.165, 1.54) is 52.2 Å². The second-order valence-corrected chi connectivity index (χ2v) is 17.9. The van der Waals surface area contributed by atoms with Gasteiger partial charge in [0.05, 0.1) is 26.8 Å². The number of thioether (sulfide) groups is 2. The lowest BCUT2D eigenvalue weighted by molar-refractivity contribution is -0.322. The number of aliphatic hydroxyl groups is 1. The van der Waals surface area contributed by atoms with Crippen molar-refractivity contribution in [2.75, 3.05) is 25.7 Å². The van der Waals surface area contributed by atoms with Gasteiger partial charge < -0.3 is 30.0 Å². The summed E-state index contributed by atoms with van der Waals surface area (Å²) in [4.78, 5) is 31.7. The second kappa shape index (κ2) is 17.8. The molecule has 3 N–H and O–H groups in total. The number of imidazole rings is 1. The van der Waals surface area contributed by atoms with Crippen molar-refractivity contribution < 1.29 is 37.3 Å². The van der Waals surface area contributed by atoms with Crippen molar-refractivity contribution in [3.63, 3.8) is 0 Å². The number of alkyl carbamates (subject to hydrolysis) is 1. The zero-order valence-corrected chi connectivity index (χ0v) is 31.6. The average Bonchev–Trinajstić information content (AvgIpc) is 3.58. The van der Waals surface area contributed by atoms with Crippen molar-refractivity contribution in [2.24, 2.45) is 5.92 Å². The molecule has 0 radical (unpaired) electrons. The molecule has 1 aliphatic heterocycles. The summed E-state index contributed by atoms with van der Waals surface area (Å²) in [5.74, 6) is -0.0150. The van der Waals surface area contributed by atoms with Crippen LogP contribution < -0.4 is 10.6 Å². The molecule has 2 aliphatic rings. The van der Waals surface area contributed by atoms with Crippen LogP contribution in [0.1, 0.15) is 82.9 Å². The first-order chi connectivity index (χ1) is 23.3. The Hall–Kier alpha value is -2.30. The average molecular weight is 741 g/mol. The van der Waals surface area contributed by atoms with Crippen LogP contribution in [0.15, 0.2) is 41.7 Å². The van der Waals surface area contributed by atoms with E-state index < -0.39 is 50.3 Å². The number of aliphatic hydroxyl groups excluding tert-OH is 1. The summed E-state index contributed by atoms with van der Waals surface area (Å²) in [5, 5.41) is 17.8. The number of carbonyl (C=O) groups excluding carboxylic acids is 2. The summed E-state index contributed by atoms with van der Waals surface area (Å²) in [7, 11) is -1.32. The molecule has 2 fully saturated rings. The maximum atomic E-state index is 14.2. The molecule has 4 rings (SSSR count). The number of hydrogen-bond donors (Lipinski definition) is 3. The number of nitrogens with one attached hydrogen (secondary N) is 2. The zero-order valence-electron chi connectivity index (χ0n) is 29.2. The van der Waals surface area contributed by atoms with Gasteiger partial charge in [-0.05, 0) is 55.7 Å². The Morgan fingerprint density at radius 2 is 1.73 bits per heavy atom. The van der Waals surface area contributed by atoms with E-state index >= 15 is 0 Å². The molecule has 49 heavy (non-hydrogen) atoms. The molecule has 2 amide bonds. The van der Waals surface area contributed by atoms with Crippen LogP contribution in [0.4, 0.5) is 4.79 Å². The van der Waals surface area contributed by atoms with Gasteiger partial charge in [-0.15, -0.1) is 23.5 Å². The lowest BCUT2D eigenvalue weighted by Crippen LogP contribution is -2.58. The van der Waals surface area contributed by atoms with E-state index in [2.05, 4.69) is 22.5 Å². The Balaban J connectivity index is 1.62. The van der Waals surface area contributed by atoms with Gasteiger partial charge in [-0.1, -0.05) is 63.1 Å². The van der Waals surface area contributed by atoms with Gasteiger partial charge in [0.2, 0.25) is 5.91 Å². The normalized spacial score (nSPS) is 19.1. The van der Waals surface area contributed by atoms with Gasteiger partial charge in [0.25, 0.3) is 10.0 Å². The predicted octanol–water partition coefficient (Wildman–Crippen LogP) is 5.21. The number of nitrogens with zero attached hydrogens (tertiary/aromatic N) is 2. The molecule has 3 atom stereocenters. The molecule has 0 spiro atoms. The van der Waals surface area contributed by atoms with Gasteiger partial charge >= 0.3 is 12.1 Å². The summed E-state index contributed by atoms with van der Waals surface area (Å²) in [6.45, 7) is 5.38. The van der Waals surface area contributed by atoms with Crippen LogP contribution in [0.3, 0.4) is 0 Å². The number of amides is 2. The highest BCUT2D eigenvalue weighted by molar-refractivity contribution is 8.18. The topological polar surface area (TPSA) is 158 Å². The first-order valence-corrected chi connectivity index (χ1v) is 20.5. The van der Waals surface area contributed by atoms with Gasteiger partial charge in [0.15, 0.2) is 0 Å². The van der Waals surface area contributed by atoms with E-state index in [0.29, 0.717) is 12.3 Å². The maximum Gasteiger partial charge on any atom is 0.412 e. The Kier molecular flexibility index (Phi) is 14.3. The van der Waals surface area contributed by atoms with Crippen molar-refractivity contribution in [2.45, 2.75) is 118 Å². The van der Waals surface area contributed by atoms with Gasteiger partial charge in [0, 0.05) is 33.8 Å². The Morgan fingerprint density at radius 1 is 1.08 bits per heavy atom. The predicted molar refractivity (Wildman–Crippen MR) is 192 cm³/mol. The third-order valence-electron chi connectivity index (χ3n) is 9.30. The quantitative estimate of drug-likeness (QED) is 0.194. The highest BCUT2D eigenvalue weighted by Crippen LogP contribution is 2.49. The van der Waals surface area contributed by atoms with Crippen LogP contribution in [0.2, 0.25) is 0 Å². The molecule has 0 bridgehead atoms. The zero-order chi connectivity index (χ0) is 35.7. The molecule has 1 unspecified atom stereocenters. The van der Waals surface area contributed by atoms with Crippen molar-refractivity contribution >= 4 is 45.5 Å². The van der Waals surface area contributed by atoms with E-state index in [0.717, 1.165) is 66.0 Å². The van der Waals surface area contributed by atoms with E-state index in [1.54, 1.807) is 35.7 Å². The molecule has 1 saturated carbocycles. The van der Waals surface area contributed by atoms with E-state index in [1.807, 2.05) is 6.92 Å². The number of hydrogen-bond acceptors (Lipinski definition) is 11. The van der Waals surface area contributed by atoms with E-state index in [4.69, 9.17) is 14.2 Å². The van der Waals surface area contributed by atoms with Crippen LogP contribution in [0.25, 0.3) is 0 Å². The van der Waals surface area contributed by atoms with Gasteiger partial charge in [-0.2, -0.15) is 0 Å². The fourth-order valence-corrected chi connectivity index (χ4v) is 11.2. The Labute approximate surface area is 299 Å². The molecule has 1 aromatic carbocycles. The molecule has 15 heteroatoms. The van der Waals surface area contributed by atoms with Crippen molar-refractivity contribution in [1.29, 1.82) is 0 Å². The van der Waals surface area contributed by atoms with E-state index in [9.17, 15) is 23.1 Å². The van der Waals surface area contributed by atoms with Gasteiger partial charge in [0.1, 0.15) is 12.4 Å². The first kappa shape index (κ1) is 39.5. The smallest absolute Gasteiger partial charge is 0.392 e. The van der Waals surface area contributed by atoms with Crippen LogP contribution in [0, 0.1) is 12.8 Å². The lowest BCUT2D eigenvalue weighted by atomic mass is 9.83. The molecule has 1 aliphatic carbocycles. The minimum atomic E-state index is -3.95. The summed E-state index contributed by atoms with van der Waals surface area (Å²) in [6.07, 6.45) is 9.41. The third kappa shape index (κ3) is 10.4. The summed E-state index contributed by atoms with van der Waals surface area (Å²) in [6, 6.07) is 4.66. The maximum absolute atomic E-state index is 14.2. The number of aromatic nitrogens is 2. The standard InChI is InChI=1S/C34H52N4O8S3/c1-6-17-34(47-18-10-19-48-34)30(39)28(20-25-11-8-7-9-12-25)36-31(40)29(37-32(41)46-33(3,44-4)45-5)21-26-22-38(23-35-26)49(42,43)27-15-13-24(2)14-16-27/h13-16,22-23,25,28-30,39H,6-12,17-21H2,1-5H3,(H,36,40)(H,37,41)/t28-,29-,30?/m0/s1. The molecular formula is C34H52N4O8S3. The molecule has 1 saturated heterocycles. The molecule has 1 aromatic heterocycles. The highest BCUT2D eigenvalue weighted by Gasteiger charge is 2.45.